The molecule has 102 valence electrons. The van der Waals surface area contributed by atoms with Crippen molar-refractivity contribution >= 4 is 46.2 Å². The Labute approximate surface area is 128 Å². The molecular formula is C12H12INO4S. The monoisotopic (exact) mass is 393 g/mol. The molecule has 1 heterocycles. The van der Waals surface area contributed by atoms with Crippen LogP contribution >= 0.6 is 34.4 Å². The van der Waals surface area contributed by atoms with Crippen LogP contribution in [0, 0.1) is 3.57 Å². The molecule has 0 aromatic heterocycles. The zero-order chi connectivity index (χ0) is 14.0. The first-order valence-corrected chi connectivity index (χ1v) is 7.84. The van der Waals surface area contributed by atoms with E-state index in [4.69, 9.17) is 5.11 Å². The number of phenolic OH excluding ortho intramolecular Hbond substituents is 1. The van der Waals surface area contributed by atoms with Gasteiger partial charge in [-0.05, 0) is 40.8 Å². The lowest BCUT2D eigenvalue weighted by Crippen LogP contribution is -2.50. The number of hydrogen-bond donors (Lipinski definition) is 2. The molecule has 1 amide bonds. The van der Waals surface area contributed by atoms with E-state index in [1.807, 2.05) is 22.6 Å². The van der Waals surface area contributed by atoms with Crippen LogP contribution in [0.5, 0.6) is 5.75 Å². The number of benzene rings is 1. The molecular weight excluding hydrogens is 381 g/mol. The van der Waals surface area contributed by atoms with E-state index in [1.165, 1.54) is 22.7 Å². The van der Waals surface area contributed by atoms with Crippen LogP contribution < -0.4 is 0 Å². The summed E-state index contributed by atoms with van der Waals surface area (Å²) >= 11 is 3.56. The lowest BCUT2D eigenvalue weighted by Gasteiger charge is -2.32. The third kappa shape index (κ3) is 3.14. The molecule has 0 aliphatic carbocycles. The first-order chi connectivity index (χ1) is 9.00. The minimum Gasteiger partial charge on any atom is -0.507 e. The molecule has 1 aromatic carbocycles. The molecule has 5 nitrogen and oxygen atoms in total. The molecule has 1 aliphatic rings. The van der Waals surface area contributed by atoms with Gasteiger partial charge in [0, 0.05) is 21.6 Å². The van der Waals surface area contributed by atoms with Crippen molar-refractivity contribution in [3.05, 3.63) is 27.3 Å². The molecule has 2 rings (SSSR count). The summed E-state index contributed by atoms with van der Waals surface area (Å²) < 4.78 is 0.817. The Hall–Kier alpha value is -0.960. The van der Waals surface area contributed by atoms with Gasteiger partial charge in [-0.1, -0.05) is 0 Å². The van der Waals surface area contributed by atoms with Crippen LogP contribution in [0.3, 0.4) is 0 Å². The lowest BCUT2D eigenvalue weighted by molar-refractivity contribution is -0.141. The zero-order valence-corrected chi connectivity index (χ0v) is 12.8. The number of hydrogen-bond acceptors (Lipinski definition) is 4. The van der Waals surface area contributed by atoms with Gasteiger partial charge in [-0.2, -0.15) is 11.8 Å². The van der Waals surface area contributed by atoms with Gasteiger partial charge in [-0.15, -0.1) is 0 Å². The number of amides is 1. The van der Waals surface area contributed by atoms with Crippen LogP contribution in [0.4, 0.5) is 0 Å². The van der Waals surface area contributed by atoms with Crippen LogP contribution in [-0.2, 0) is 4.79 Å². The summed E-state index contributed by atoms with van der Waals surface area (Å²) in [6.07, 6.45) is 0. The maximum absolute atomic E-state index is 12.4. The Morgan fingerprint density at radius 3 is 2.84 bits per heavy atom. The van der Waals surface area contributed by atoms with Gasteiger partial charge in [-0.3, -0.25) is 4.79 Å². The summed E-state index contributed by atoms with van der Waals surface area (Å²) in [5.74, 6) is -0.464. The third-order valence-corrected chi connectivity index (χ3v) is 4.56. The molecule has 1 aromatic rings. The number of thioether (sulfide) groups is 1. The van der Waals surface area contributed by atoms with Gasteiger partial charge in [0.1, 0.15) is 11.8 Å². The highest BCUT2D eigenvalue weighted by Crippen LogP contribution is 2.25. The van der Waals surface area contributed by atoms with Gasteiger partial charge in [0.25, 0.3) is 5.91 Å². The van der Waals surface area contributed by atoms with Crippen molar-refractivity contribution in [2.24, 2.45) is 0 Å². The molecule has 0 bridgehead atoms. The maximum atomic E-state index is 12.4. The van der Waals surface area contributed by atoms with Gasteiger partial charge in [0.15, 0.2) is 0 Å². The van der Waals surface area contributed by atoms with Crippen molar-refractivity contribution in [3.8, 4) is 5.75 Å². The number of rotatable bonds is 2. The Morgan fingerprint density at radius 2 is 2.16 bits per heavy atom. The number of carbonyl (C=O) groups excluding carboxylic acids is 1. The average Bonchev–Trinajstić information content (AvgIpc) is 2.40. The molecule has 0 radical (unpaired) electrons. The van der Waals surface area contributed by atoms with Crippen LogP contribution in [-0.4, -0.2) is 51.1 Å². The van der Waals surface area contributed by atoms with Gasteiger partial charge in [0.05, 0.1) is 5.56 Å². The summed E-state index contributed by atoms with van der Waals surface area (Å²) in [5.41, 5.74) is 0.157. The molecule has 1 aliphatic heterocycles. The predicted octanol–water partition coefficient (Wildman–Crippen LogP) is 1.64. The summed E-state index contributed by atoms with van der Waals surface area (Å²) in [4.78, 5) is 24.9. The van der Waals surface area contributed by atoms with E-state index >= 15 is 0 Å². The summed E-state index contributed by atoms with van der Waals surface area (Å²) in [6, 6.07) is 3.87. The van der Waals surface area contributed by atoms with Gasteiger partial charge >= 0.3 is 5.97 Å². The largest absolute Gasteiger partial charge is 0.507 e. The van der Waals surface area contributed by atoms with Gasteiger partial charge in [-0.25, -0.2) is 4.79 Å². The van der Waals surface area contributed by atoms with E-state index in [9.17, 15) is 14.7 Å². The third-order valence-electron chi connectivity index (χ3n) is 2.86. The minimum absolute atomic E-state index is 0.118. The lowest BCUT2D eigenvalue weighted by atomic mass is 10.1. The predicted molar refractivity (Wildman–Crippen MR) is 80.6 cm³/mol. The van der Waals surface area contributed by atoms with E-state index in [-0.39, 0.29) is 11.3 Å². The smallest absolute Gasteiger partial charge is 0.327 e. The van der Waals surface area contributed by atoms with Gasteiger partial charge in [0.2, 0.25) is 0 Å². The van der Waals surface area contributed by atoms with Crippen LogP contribution in [0.2, 0.25) is 0 Å². The van der Waals surface area contributed by atoms with Crippen molar-refractivity contribution in [2.45, 2.75) is 6.04 Å². The quantitative estimate of drug-likeness (QED) is 0.748. The topological polar surface area (TPSA) is 77.8 Å². The molecule has 2 N–H and O–H groups in total. The number of phenols is 1. The highest BCUT2D eigenvalue weighted by Gasteiger charge is 2.33. The van der Waals surface area contributed by atoms with Crippen molar-refractivity contribution in [3.63, 3.8) is 0 Å². The second kappa shape index (κ2) is 6.00. The first kappa shape index (κ1) is 14.4. The number of carbonyl (C=O) groups is 2. The number of carboxylic acid groups (broad SMARTS) is 1. The highest BCUT2D eigenvalue weighted by molar-refractivity contribution is 14.1. The normalized spacial score (nSPS) is 19.2. The second-order valence-corrected chi connectivity index (χ2v) is 6.48. The Balaban J connectivity index is 2.31. The van der Waals surface area contributed by atoms with Crippen molar-refractivity contribution in [1.29, 1.82) is 0 Å². The van der Waals surface area contributed by atoms with E-state index in [2.05, 4.69) is 0 Å². The molecule has 1 unspecified atom stereocenters. The molecule has 1 atom stereocenters. The van der Waals surface area contributed by atoms with E-state index in [0.29, 0.717) is 18.1 Å². The molecule has 0 spiro atoms. The Morgan fingerprint density at radius 1 is 1.42 bits per heavy atom. The fourth-order valence-electron chi connectivity index (χ4n) is 1.89. The standard InChI is InChI=1S/C12H12INO4S/c13-7-1-2-10(15)8(5-7)11(16)14-3-4-19-6-9(14)12(17)18/h1-2,5,9,15H,3-4,6H2,(H,17,18). The number of aromatic hydroxyl groups is 1. The Bertz CT molecular complexity index is 522. The maximum Gasteiger partial charge on any atom is 0.327 e. The number of aliphatic carboxylic acids is 1. The zero-order valence-electron chi connectivity index (χ0n) is 9.88. The van der Waals surface area contributed by atoms with Gasteiger partial charge < -0.3 is 15.1 Å². The molecule has 1 saturated heterocycles. The summed E-state index contributed by atoms with van der Waals surface area (Å²) in [7, 11) is 0. The van der Waals surface area contributed by atoms with E-state index < -0.39 is 17.9 Å². The fourth-order valence-corrected chi connectivity index (χ4v) is 3.42. The summed E-state index contributed by atoms with van der Waals surface area (Å²) in [5, 5.41) is 18.9. The molecule has 0 saturated carbocycles. The van der Waals surface area contributed by atoms with Crippen molar-refractivity contribution in [1.82, 2.24) is 4.90 Å². The number of carboxylic acids is 1. The van der Waals surface area contributed by atoms with Crippen LogP contribution in [0.1, 0.15) is 10.4 Å². The molecule has 19 heavy (non-hydrogen) atoms. The second-order valence-electron chi connectivity index (χ2n) is 4.09. The van der Waals surface area contributed by atoms with Crippen molar-refractivity contribution < 1.29 is 19.8 Å². The van der Waals surface area contributed by atoms with Crippen LogP contribution in [0.15, 0.2) is 18.2 Å². The van der Waals surface area contributed by atoms with E-state index in [1.54, 1.807) is 12.1 Å². The van der Waals surface area contributed by atoms with Crippen molar-refractivity contribution in [2.75, 3.05) is 18.1 Å². The fraction of sp³-hybridized carbons (Fsp3) is 0.333. The molecule has 1 fully saturated rings. The van der Waals surface area contributed by atoms with Crippen LogP contribution in [0.25, 0.3) is 0 Å². The highest BCUT2D eigenvalue weighted by atomic mass is 127. The first-order valence-electron chi connectivity index (χ1n) is 5.60. The number of halogens is 1. The molecule has 7 heteroatoms. The Kier molecular flexibility index (Phi) is 4.56. The number of nitrogens with zero attached hydrogens (tertiary/aromatic N) is 1. The SMILES string of the molecule is O=C(O)C1CSCCN1C(=O)c1cc(I)ccc1O. The summed E-state index contributed by atoms with van der Waals surface area (Å²) in [6.45, 7) is 0.380. The van der Waals surface area contributed by atoms with E-state index in [0.717, 1.165) is 3.57 Å². The minimum atomic E-state index is -1.01. The average molecular weight is 393 g/mol.